The first-order valence-corrected chi connectivity index (χ1v) is 5.60. The van der Waals surface area contributed by atoms with Crippen LogP contribution in [-0.2, 0) is 4.79 Å². The van der Waals surface area contributed by atoms with Crippen molar-refractivity contribution < 1.29 is 18.0 Å². The summed E-state index contributed by atoms with van der Waals surface area (Å²) < 4.78 is 36.2. The molecule has 0 bridgehead atoms. The Bertz CT molecular complexity index is 276. The van der Waals surface area contributed by atoms with Gasteiger partial charge in [-0.1, -0.05) is 0 Å². The molecule has 0 aromatic rings. The van der Waals surface area contributed by atoms with Gasteiger partial charge in [-0.25, -0.2) is 0 Å². The molecule has 2 aliphatic rings. The van der Waals surface area contributed by atoms with E-state index in [1.54, 1.807) is 0 Å². The number of nitrogens with one attached hydrogen (secondary N) is 2. The van der Waals surface area contributed by atoms with Gasteiger partial charge < -0.3 is 10.6 Å². The third kappa shape index (κ3) is 2.87. The molecule has 2 N–H and O–H groups in total. The van der Waals surface area contributed by atoms with Gasteiger partial charge in [0.2, 0.25) is 0 Å². The Kier molecular flexibility index (Phi) is 3.10. The minimum Gasteiger partial charge on any atom is -0.344 e. The standard InChI is InChI=1S/C10H15F3N2O/c11-10(12,13)9(16)15-8-3-1-2-7(8)14-6-4-5-6/h6-8,14H,1-5H2,(H,15,16)/t7-,8+/m1/s1. The van der Waals surface area contributed by atoms with Gasteiger partial charge in [-0.15, -0.1) is 0 Å². The van der Waals surface area contributed by atoms with Crippen LogP contribution in [0.1, 0.15) is 32.1 Å². The Morgan fingerprint density at radius 2 is 1.69 bits per heavy atom. The zero-order valence-corrected chi connectivity index (χ0v) is 8.81. The highest BCUT2D eigenvalue weighted by atomic mass is 19.4. The maximum absolute atomic E-state index is 12.1. The molecule has 0 radical (unpaired) electrons. The molecule has 16 heavy (non-hydrogen) atoms. The molecule has 6 heteroatoms. The molecule has 0 heterocycles. The Balaban J connectivity index is 1.85. The van der Waals surface area contributed by atoms with Crippen molar-refractivity contribution in [2.24, 2.45) is 0 Å². The van der Waals surface area contributed by atoms with Crippen LogP contribution in [0.25, 0.3) is 0 Å². The van der Waals surface area contributed by atoms with E-state index in [0.717, 1.165) is 25.7 Å². The van der Waals surface area contributed by atoms with Gasteiger partial charge in [0.15, 0.2) is 0 Å². The predicted octanol–water partition coefficient (Wildman–Crippen LogP) is 1.34. The van der Waals surface area contributed by atoms with Crippen LogP contribution in [0, 0.1) is 0 Å². The molecule has 2 aliphatic carbocycles. The first-order chi connectivity index (χ1) is 7.47. The molecule has 92 valence electrons. The summed E-state index contributed by atoms with van der Waals surface area (Å²) in [5.41, 5.74) is 0. The fourth-order valence-corrected chi connectivity index (χ4v) is 2.14. The number of hydrogen-bond donors (Lipinski definition) is 2. The number of amides is 1. The largest absolute Gasteiger partial charge is 0.471 e. The smallest absolute Gasteiger partial charge is 0.344 e. The van der Waals surface area contributed by atoms with E-state index in [1.807, 2.05) is 0 Å². The zero-order valence-electron chi connectivity index (χ0n) is 8.81. The SMILES string of the molecule is O=C(N[C@H]1CCC[C@H]1NC1CC1)C(F)(F)F. The summed E-state index contributed by atoms with van der Waals surface area (Å²) in [6, 6.07) is 0.0990. The second-order valence-corrected chi connectivity index (χ2v) is 4.56. The molecular formula is C10H15F3N2O. The molecule has 2 rings (SSSR count). The molecule has 0 aromatic heterocycles. The lowest BCUT2D eigenvalue weighted by Gasteiger charge is -2.22. The van der Waals surface area contributed by atoms with Crippen molar-refractivity contribution in [2.45, 2.75) is 56.4 Å². The van der Waals surface area contributed by atoms with E-state index in [4.69, 9.17) is 0 Å². The summed E-state index contributed by atoms with van der Waals surface area (Å²) in [7, 11) is 0. The van der Waals surface area contributed by atoms with Crippen molar-refractivity contribution in [2.75, 3.05) is 0 Å². The molecule has 2 saturated carbocycles. The van der Waals surface area contributed by atoms with Gasteiger partial charge in [0.05, 0.1) is 0 Å². The molecule has 0 saturated heterocycles. The lowest BCUT2D eigenvalue weighted by Crippen LogP contribution is -2.50. The maximum Gasteiger partial charge on any atom is 0.471 e. The number of carbonyl (C=O) groups is 1. The minimum atomic E-state index is -4.77. The highest BCUT2D eigenvalue weighted by molar-refractivity contribution is 5.82. The van der Waals surface area contributed by atoms with Gasteiger partial charge in [0.25, 0.3) is 0 Å². The van der Waals surface area contributed by atoms with Gasteiger partial charge in [-0.3, -0.25) is 4.79 Å². The van der Waals surface area contributed by atoms with E-state index in [1.165, 1.54) is 0 Å². The van der Waals surface area contributed by atoms with E-state index in [2.05, 4.69) is 10.6 Å². The van der Waals surface area contributed by atoms with Crippen LogP contribution in [0.15, 0.2) is 0 Å². The minimum absolute atomic E-state index is 0.0128. The lowest BCUT2D eigenvalue weighted by molar-refractivity contribution is -0.174. The van der Waals surface area contributed by atoms with Gasteiger partial charge in [-0.05, 0) is 32.1 Å². The first-order valence-electron chi connectivity index (χ1n) is 5.60. The van der Waals surface area contributed by atoms with Crippen molar-refractivity contribution in [1.82, 2.24) is 10.6 Å². The van der Waals surface area contributed by atoms with Crippen LogP contribution in [0.5, 0.6) is 0 Å². The number of hydrogen-bond acceptors (Lipinski definition) is 2. The van der Waals surface area contributed by atoms with Crippen molar-refractivity contribution in [3.8, 4) is 0 Å². The summed E-state index contributed by atoms with van der Waals surface area (Å²) in [6.45, 7) is 0. The average molecular weight is 236 g/mol. The van der Waals surface area contributed by atoms with Crippen molar-refractivity contribution in [3.63, 3.8) is 0 Å². The summed E-state index contributed by atoms with van der Waals surface area (Å²) in [5.74, 6) is -1.82. The molecule has 0 aliphatic heterocycles. The second-order valence-electron chi connectivity index (χ2n) is 4.56. The van der Waals surface area contributed by atoms with Gasteiger partial charge in [-0.2, -0.15) is 13.2 Å². The van der Waals surface area contributed by atoms with Crippen molar-refractivity contribution >= 4 is 5.91 Å². The molecule has 0 unspecified atom stereocenters. The first kappa shape index (κ1) is 11.7. The van der Waals surface area contributed by atoms with Gasteiger partial charge in [0, 0.05) is 18.1 Å². The average Bonchev–Trinajstić information content (AvgIpc) is 2.87. The highest BCUT2D eigenvalue weighted by Crippen LogP contribution is 2.26. The molecule has 1 amide bonds. The third-order valence-corrected chi connectivity index (χ3v) is 3.12. The quantitative estimate of drug-likeness (QED) is 0.776. The summed E-state index contributed by atoms with van der Waals surface area (Å²) in [6.07, 6.45) is -0.238. The van der Waals surface area contributed by atoms with Crippen molar-refractivity contribution in [1.29, 1.82) is 0 Å². The van der Waals surface area contributed by atoms with Crippen LogP contribution in [-0.4, -0.2) is 30.2 Å². The normalized spacial score (nSPS) is 30.4. The zero-order chi connectivity index (χ0) is 11.8. The summed E-state index contributed by atoms with van der Waals surface area (Å²) in [4.78, 5) is 10.8. The van der Waals surface area contributed by atoms with Crippen LogP contribution < -0.4 is 10.6 Å². The van der Waals surface area contributed by atoms with Gasteiger partial charge >= 0.3 is 12.1 Å². The number of rotatable bonds is 3. The van der Waals surface area contributed by atoms with E-state index >= 15 is 0 Å². The molecule has 2 fully saturated rings. The monoisotopic (exact) mass is 236 g/mol. The fourth-order valence-electron chi connectivity index (χ4n) is 2.14. The summed E-state index contributed by atoms with van der Waals surface area (Å²) >= 11 is 0. The van der Waals surface area contributed by atoms with E-state index < -0.39 is 12.1 Å². The Morgan fingerprint density at radius 1 is 1.06 bits per heavy atom. The van der Waals surface area contributed by atoms with E-state index in [-0.39, 0.29) is 12.1 Å². The third-order valence-electron chi connectivity index (χ3n) is 3.12. The second kappa shape index (κ2) is 4.24. The van der Waals surface area contributed by atoms with E-state index in [9.17, 15) is 18.0 Å². The van der Waals surface area contributed by atoms with E-state index in [0.29, 0.717) is 12.5 Å². The highest BCUT2D eigenvalue weighted by Gasteiger charge is 2.42. The maximum atomic E-state index is 12.1. The molecule has 3 nitrogen and oxygen atoms in total. The topological polar surface area (TPSA) is 41.1 Å². The van der Waals surface area contributed by atoms with Crippen LogP contribution in [0.4, 0.5) is 13.2 Å². The molecule has 0 aromatic carbocycles. The van der Waals surface area contributed by atoms with Crippen LogP contribution in [0.2, 0.25) is 0 Å². The lowest BCUT2D eigenvalue weighted by atomic mass is 10.1. The van der Waals surface area contributed by atoms with Crippen LogP contribution in [0.3, 0.4) is 0 Å². The molecular weight excluding hydrogens is 221 g/mol. The summed E-state index contributed by atoms with van der Waals surface area (Å²) in [5, 5.41) is 5.35. The number of halogens is 3. The molecule has 2 atom stereocenters. The fraction of sp³-hybridized carbons (Fsp3) is 0.900. The predicted molar refractivity (Wildman–Crippen MR) is 51.8 cm³/mol. The number of carbonyl (C=O) groups excluding carboxylic acids is 1. The van der Waals surface area contributed by atoms with Crippen molar-refractivity contribution in [3.05, 3.63) is 0 Å². The van der Waals surface area contributed by atoms with Gasteiger partial charge in [0.1, 0.15) is 0 Å². The van der Waals surface area contributed by atoms with Crippen LogP contribution >= 0.6 is 0 Å². The Hall–Kier alpha value is -0.780. The number of alkyl halides is 3. The Labute approximate surface area is 91.8 Å². The Morgan fingerprint density at radius 3 is 2.25 bits per heavy atom. The molecule has 0 spiro atoms.